The summed E-state index contributed by atoms with van der Waals surface area (Å²) in [6.07, 6.45) is 2.07. The van der Waals surface area contributed by atoms with Crippen molar-refractivity contribution in [3.63, 3.8) is 0 Å². The number of nitrogens with one attached hydrogen (secondary N) is 1. The molecule has 112 valence electrons. The molecule has 0 aliphatic rings. The molecule has 1 aromatic carbocycles. The van der Waals surface area contributed by atoms with Gasteiger partial charge in [-0.1, -0.05) is 12.1 Å². The van der Waals surface area contributed by atoms with E-state index in [4.69, 9.17) is 5.73 Å². The summed E-state index contributed by atoms with van der Waals surface area (Å²) in [4.78, 5) is 3.71. The minimum absolute atomic E-state index is 0.150. The monoisotopic (exact) mass is 309 g/mol. The summed E-state index contributed by atoms with van der Waals surface area (Å²) in [7, 11) is -3.88. The fourth-order valence-electron chi connectivity index (χ4n) is 1.83. The first kappa shape index (κ1) is 15.6. The van der Waals surface area contributed by atoms with Gasteiger partial charge in [-0.3, -0.25) is 4.98 Å². The Balaban J connectivity index is 2.05. The lowest BCUT2D eigenvalue weighted by atomic mass is 10.2. The number of nitrogens with zero attached hydrogens (tertiary/aromatic N) is 1. The number of hydrogen-bond donors (Lipinski definition) is 2. The second kappa shape index (κ2) is 6.75. The molecule has 5 nitrogen and oxygen atoms in total. The maximum Gasteiger partial charge on any atom is 0.243 e. The highest BCUT2D eigenvalue weighted by Crippen LogP contribution is 2.15. The van der Waals surface area contributed by atoms with E-state index in [1.165, 1.54) is 12.1 Å². The van der Waals surface area contributed by atoms with Crippen molar-refractivity contribution in [1.82, 2.24) is 9.71 Å². The van der Waals surface area contributed by atoms with E-state index in [1.54, 1.807) is 18.3 Å². The van der Waals surface area contributed by atoms with Crippen molar-refractivity contribution in [3.8, 4) is 0 Å². The number of benzene rings is 1. The van der Waals surface area contributed by atoms with Gasteiger partial charge in [0.15, 0.2) is 0 Å². The van der Waals surface area contributed by atoms with Gasteiger partial charge in [0, 0.05) is 31.4 Å². The Morgan fingerprint density at radius 2 is 2.05 bits per heavy atom. The topological polar surface area (TPSA) is 85.1 Å². The Kier molecular flexibility index (Phi) is 5.00. The van der Waals surface area contributed by atoms with Gasteiger partial charge in [0.05, 0.1) is 0 Å². The van der Waals surface area contributed by atoms with Crippen molar-refractivity contribution < 1.29 is 12.8 Å². The second-order valence-electron chi connectivity index (χ2n) is 4.44. The molecule has 0 spiro atoms. The first-order chi connectivity index (χ1) is 10.0. The van der Waals surface area contributed by atoms with E-state index in [0.29, 0.717) is 12.0 Å². The molecule has 0 saturated heterocycles. The molecule has 0 atom stereocenters. The lowest BCUT2D eigenvalue weighted by Crippen LogP contribution is -2.27. The highest BCUT2D eigenvalue weighted by atomic mass is 32.2. The predicted octanol–water partition coefficient (Wildman–Crippen LogP) is 1.20. The van der Waals surface area contributed by atoms with Gasteiger partial charge in [-0.25, -0.2) is 17.5 Å². The number of rotatable bonds is 6. The van der Waals surface area contributed by atoms with Gasteiger partial charge >= 0.3 is 0 Å². The molecule has 0 bridgehead atoms. The Morgan fingerprint density at radius 1 is 1.24 bits per heavy atom. The third-order valence-corrected chi connectivity index (χ3v) is 4.42. The number of hydrogen-bond acceptors (Lipinski definition) is 4. The Morgan fingerprint density at radius 3 is 2.67 bits per heavy atom. The van der Waals surface area contributed by atoms with Crippen LogP contribution >= 0.6 is 0 Å². The standard InChI is InChI=1S/C14H16FN3O2S/c15-13-9-11(10-16)4-5-14(13)21(19,20)18-8-6-12-3-1-2-7-17-12/h1-5,7,9,18H,6,8,10,16H2. The zero-order valence-corrected chi connectivity index (χ0v) is 12.1. The van der Waals surface area contributed by atoms with E-state index < -0.39 is 15.8 Å². The quantitative estimate of drug-likeness (QED) is 0.839. The largest absolute Gasteiger partial charge is 0.326 e. The molecular weight excluding hydrogens is 293 g/mol. The van der Waals surface area contributed by atoms with Crippen molar-refractivity contribution in [3.05, 3.63) is 59.7 Å². The van der Waals surface area contributed by atoms with Crippen LogP contribution in [0.15, 0.2) is 47.5 Å². The smallest absolute Gasteiger partial charge is 0.243 e. The van der Waals surface area contributed by atoms with Crippen LogP contribution in [0.1, 0.15) is 11.3 Å². The summed E-state index contributed by atoms with van der Waals surface area (Å²) in [5, 5.41) is 0. The zero-order valence-electron chi connectivity index (χ0n) is 11.3. The molecular formula is C14H16FN3O2S. The number of sulfonamides is 1. The maximum atomic E-state index is 13.8. The first-order valence-corrected chi connectivity index (χ1v) is 7.89. The molecule has 0 aliphatic carbocycles. The lowest BCUT2D eigenvalue weighted by molar-refractivity contribution is 0.556. The fourth-order valence-corrected chi connectivity index (χ4v) is 2.92. The van der Waals surface area contributed by atoms with Crippen LogP contribution in [0.2, 0.25) is 0 Å². The molecule has 0 radical (unpaired) electrons. The van der Waals surface area contributed by atoms with Gasteiger partial charge in [0.1, 0.15) is 10.7 Å². The van der Waals surface area contributed by atoms with Crippen molar-refractivity contribution in [2.24, 2.45) is 5.73 Å². The minimum Gasteiger partial charge on any atom is -0.326 e. The van der Waals surface area contributed by atoms with Crippen molar-refractivity contribution in [2.75, 3.05) is 6.54 Å². The molecule has 3 N–H and O–H groups in total. The van der Waals surface area contributed by atoms with E-state index in [0.717, 1.165) is 11.8 Å². The van der Waals surface area contributed by atoms with Gasteiger partial charge in [0.2, 0.25) is 10.0 Å². The van der Waals surface area contributed by atoms with Gasteiger partial charge in [0.25, 0.3) is 0 Å². The number of halogens is 1. The van der Waals surface area contributed by atoms with Crippen molar-refractivity contribution in [1.29, 1.82) is 0 Å². The summed E-state index contributed by atoms with van der Waals surface area (Å²) >= 11 is 0. The molecule has 7 heteroatoms. The molecule has 2 rings (SSSR count). The zero-order chi connectivity index (χ0) is 15.3. The van der Waals surface area contributed by atoms with Gasteiger partial charge in [-0.15, -0.1) is 0 Å². The maximum absolute atomic E-state index is 13.8. The van der Waals surface area contributed by atoms with Crippen molar-refractivity contribution >= 4 is 10.0 Å². The first-order valence-electron chi connectivity index (χ1n) is 6.41. The summed E-state index contributed by atoms with van der Waals surface area (Å²) in [5.41, 5.74) is 6.69. The van der Waals surface area contributed by atoms with E-state index in [-0.39, 0.29) is 18.0 Å². The van der Waals surface area contributed by atoms with E-state index in [1.807, 2.05) is 6.07 Å². The van der Waals surface area contributed by atoms with Crippen LogP contribution in [0.3, 0.4) is 0 Å². The molecule has 0 fully saturated rings. The van der Waals surface area contributed by atoms with Crippen LogP contribution in [-0.2, 0) is 23.0 Å². The molecule has 0 saturated carbocycles. The van der Waals surface area contributed by atoms with E-state index in [9.17, 15) is 12.8 Å². The van der Waals surface area contributed by atoms with Crippen molar-refractivity contribution in [2.45, 2.75) is 17.9 Å². The van der Waals surface area contributed by atoms with Crippen LogP contribution in [-0.4, -0.2) is 19.9 Å². The number of nitrogens with two attached hydrogens (primary N) is 1. The highest BCUT2D eigenvalue weighted by Gasteiger charge is 2.18. The third-order valence-electron chi connectivity index (χ3n) is 2.92. The van der Waals surface area contributed by atoms with Gasteiger partial charge < -0.3 is 5.73 Å². The normalized spacial score (nSPS) is 11.5. The molecule has 0 aliphatic heterocycles. The summed E-state index contributed by atoms with van der Waals surface area (Å²) in [5.74, 6) is -0.803. The van der Waals surface area contributed by atoms with Crippen LogP contribution in [0.25, 0.3) is 0 Å². The van der Waals surface area contributed by atoms with Gasteiger partial charge in [-0.2, -0.15) is 0 Å². The lowest BCUT2D eigenvalue weighted by Gasteiger charge is -2.08. The SMILES string of the molecule is NCc1ccc(S(=O)(=O)NCCc2ccccn2)c(F)c1. The number of aromatic nitrogens is 1. The molecule has 1 aromatic heterocycles. The van der Waals surface area contributed by atoms with E-state index in [2.05, 4.69) is 9.71 Å². The third kappa shape index (κ3) is 4.07. The van der Waals surface area contributed by atoms with Gasteiger partial charge in [-0.05, 0) is 29.8 Å². The second-order valence-corrected chi connectivity index (χ2v) is 6.17. The molecule has 21 heavy (non-hydrogen) atoms. The Hall–Kier alpha value is -1.83. The molecule has 0 unspecified atom stereocenters. The molecule has 0 amide bonds. The van der Waals surface area contributed by atoms with Crippen LogP contribution in [0, 0.1) is 5.82 Å². The predicted molar refractivity (Wildman–Crippen MR) is 77.4 cm³/mol. The molecule has 1 heterocycles. The Labute approximate surface area is 123 Å². The van der Waals surface area contributed by atoms with E-state index >= 15 is 0 Å². The summed E-state index contributed by atoms with van der Waals surface area (Å²) in [6, 6.07) is 9.25. The van der Waals surface area contributed by atoms with Crippen LogP contribution < -0.4 is 10.5 Å². The molecule has 2 aromatic rings. The average molecular weight is 309 g/mol. The van der Waals surface area contributed by atoms with Crippen LogP contribution in [0.4, 0.5) is 4.39 Å². The average Bonchev–Trinajstić information content (AvgIpc) is 2.47. The number of pyridine rings is 1. The Bertz CT molecular complexity index is 705. The summed E-state index contributed by atoms with van der Waals surface area (Å²) < 4.78 is 40.2. The summed E-state index contributed by atoms with van der Waals surface area (Å²) in [6.45, 7) is 0.307. The fraction of sp³-hybridized carbons (Fsp3) is 0.214. The minimum atomic E-state index is -3.88. The highest BCUT2D eigenvalue weighted by molar-refractivity contribution is 7.89. The van der Waals surface area contributed by atoms with Crippen LogP contribution in [0.5, 0.6) is 0 Å².